The lowest BCUT2D eigenvalue weighted by molar-refractivity contribution is 0.0375. The summed E-state index contributed by atoms with van der Waals surface area (Å²) >= 11 is 4.29. The van der Waals surface area contributed by atoms with Crippen LogP contribution >= 0.6 is 12.6 Å². The van der Waals surface area contributed by atoms with Crippen molar-refractivity contribution in [3.8, 4) is 0 Å². The van der Waals surface area contributed by atoms with E-state index in [2.05, 4.69) is 28.2 Å². The molecule has 0 spiro atoms. The number of nitrogens with one attached hydrogen (secondary N) is 2. The van der Waals surface area contributed by atoms with E-state index in [0.29, 0.717) is 6.54 Å². The quantitative estimate of drug-likeness (QED) is 0.574. The van der Waals surface area contributed by atoms with Crippen LogP contribution < -0.4 is 10.6 Å². The fourth-order valence-electron chi connectivity index (χ4n) is 2.08. The number of hydrogen-bond donors (Lipinski definition) is 3. The molecule has 2 rings (SSSR count). The van der Waals surface area contributed by atoms with Crippen molar-refractivity contribution < 1.29 is 9.53 Å². The molecule has 6 heteroatoms. The monoisotopic (exact) mass is 295 g/mol. The molecule has 1 fully saturated rings. The number of ether oxygens (including phenoxy) is 1. The maximum Gasteiger partial charge on any atom is 0.319 e. The van der Waals surface area contributed by atoms with Crippen molar-refractivity contribution in [1.82, 2.24) is 10.2 Å². The zero-order valence-electron chi connectivity index (χ0n) is 11.5. The number of anilines is 1. The van der Waals surface area contributed by atoms with E-state index in [1.165, 1.54) is 0 Å². The molecule has 2 N–H and O–H groups in total. The predicted molar refractivity (Wildman–Crippen MR) is 82.6 cm³/mol. The minimum absolute atomic E-state index is 0.187. The first-order chi connectivity index (χ1) is 9.75. The fourth-order valence-corrected chi connectivity index (χ4v) is 2.29. The van der Waals surface area contributed by atoms with Gasteiger partial charge in [-0.15, -0.1) is 12.6 Å². The summed E-state index contributed by atoms with van der Waals surface area (Å²) in [5, 5.41) is 5.64. The molecule has 0 unspecified atom stereocenters. The van der Waals surface area contributed by atoms with Gasteiger partial charge in [0.1, 0.15) is 0 Å². The zero-order chi connectivity index (χ0) is 14.2. The van der Waals surface area contributed by atoms with E-state index in [9.17, 15) is 4.79 Å². The highest BCUT2D eigenvalue weighted by Crippen LogP contribution is 2.18. The van der Waals surface area contributed by atoms with Gasteiger partial charge in [-0.1, -0.05) is 12.1 Å². The van der Waals surface area contributed by atoms with E-state index in [0.717, 1.165) is 49.9 Å². The summed E-state index contributed by atoms with van der Waals surface area (Å²) in [5.41, 5.74) is 0.724. The van der Waals surface area contributed by atoms with Crippen LogP contribution in [0.15, 0.2) is 29.2 Å². The highest BCUT2D eigenvalue weighted by Gasteiger charge is 2.09. The van der Waals surface area contributed by atoms with Crippen molar-refractivity contribution in [3.63, 3.8) is 0 Å². The van der Waals surface area contributed by atoms with Crippen molar-refractivity contribution in [2.24, 2.45) is 0 Å². The topological polar surface area (TPSA) is 53.6 Å². The molecule has 0 atom stereocenters. The Kier molecular flexibility index (Phi) is 6.17. The first-order valence-electron chi connectivity index (χ1n) is 6.88. The first kappa shape index (κ1) is 15.2. The Labute approximate surface area is 125 Å². The molecular weight excluding hydrogens is 274 g/mol. The number of amides is 2. The van der Waals surface area contributed by atoms with Gasteiger partial charge in [0.15, 0.2) is 0 Å². The van der Waals surface area contributed by atoms with Gasteiger partial charge >= 0.3 is 6.03 Å². The Hall–Kier alpha value is -1.24. The highest BCUT2D eigenvalue weighted by molar-refractivity contribution is 7.80. The number of carbonyl (C=O) groups excluding carboxylic acids is 1. The molecule has 5 nitrogen and oxygen atoms in total. The SMILES string of the molecule is O=C(NCCCN1CCOCC1)Nc1ccccc1S. The Morgan fingerprint density at radius 3 is 2.80 bits per heavy atom. The molecule has 20 heavy (non-hydrogen) atoms. The van der Waals surface area contributed by atoms with Crippen LogP contribution in [0.5, 0.6) is 0 Å². The molecule has 1 heterocycles. The van der Waals surface area contributed by atoms with Crippen molar-refractivity contribution in [2.75, 3.05) is 44.7 Å². The standard InChI is InChI=1S/C14H21N3O2S/c18-14(16-12-4-1-2-5-13(12)20)15-6-3-7-17-8-10-19-11-9-17/h1-2,4-5,20H,3,6-11H2,(H2,15,16,18). The Morgan fingerprint density at radius 2 is 2.05 bits per heavy atom. The average molecular weight is 295 g/mol. The van der Waals surface area contributed by atoms with Crippen LogP contribution in [0.1, 0.15) is 6.42 Å². The van der Waals surface area contributed by atoms with Crippen LogP contribution in [0.2, 0.25) is 0 Å². The lowest BCUT2D eigenvalue weighted by atomic mass is 10.3. The third-order valence-electron chi connectivity index (χ3n) is 3.19. The number of carbonyl (C=O) groups is 1. The third kappa shape index (κ3) is 5.03. The van der Waals surface area contributed by atoms with Gasteiger partial charge in [0.2, 0.25) is 0 Å². The van der Waals surface area contributed by atoms with Crippen molar-refractivity contribution in [2.45, 2.75) is 11.3 Å². The molecule has 0 aromatic heterocycles. The molecule has 1 aliphatic heterocycles. The van der Waals surface area contributed by atoms with Gasteiger partial charge < -0.3 is 15.4 Å². The van der Waals surface area contributed by atoms with Gasteiger partial charge in [-0.3, -0.25) is 4.90 Å². The second-order valence-electron chi connectivity index (χ2n) is 4.71. The number of rotatable bonds is 5. The maximum atomic E-state index is 11.7. The van der Waals surface area contributed by atoms with Gasteiger partial charge in [0.25, 0.3) is 0 Å². The lowest BCUT2D eigenvalue weighted by Gasteiger charge is -2.26. The molecule has 0 aliphatic carbocycles. The van der Waals surface area contributed by atoms with Gasteiger partial charge in [-0.05, 0) is 25.1 Å². The van der Waals surface area contributed by atoms with Crippen LogP contribution in [0, 0.1) is 0 Å². The molecule has 0 saturated carbocycles. The smallest absolute Gasteiger partial charge is 0.319 e. The number of benzene rings is 1. The van der Waals surface area contributed by atoms with E-state index in [-0.39, 0.29) is 6.03 Å². The minimum Gasteiger partial charge on any atom is -0.379 e. The molecule has 110 valence electrons. The summed E-state index contributed by atoms with van der Waals surface area (Å²) in [6, 6.07) is 7.24. The van der Waals surface area contributed by atoms with E-state index in [1.54, 1.807) is 0 Å². The fraction of sp³-hybridized carbons (Fsp3) is 0.500. The maximum absolute atomic E-state index is 11.7. The second kappa shape index (κ2) is 8.14. The molecule has 1 aromatic carbocycles. The van der Waals surface area contributed by atoms with Crippen LogP contribution in [0.25, 0.3) is 0 Å². The van der Waals surface area contributed by atoms with Gasteiger partial charge in [-0.25, -0.2) is 4.79 Å². The van der Waals surface area contributed by atoms with Crippen molar-refractivity contribution in [3.05, 3.63) is 24.3 Å². The Morgan fingerprint density at radius 1 is 1.30 bits per heavy atom. The summed E-state index contributed by atoms with van der Waals surface area (Å²) in [6.07, 6.45) is 0.940. The zero-order valence-corrected chi connectivity index (χ0v) is 12.4. The average Bonchev–Trinajstić information content (AvgIpc) is 2.47. The predicted octanol–water partition coefficient (Wildman–Crippen LogP) is 1.82. The molecular formula is C14H21N3O2S. The van der Waals surface area contributed by atoms with E-state index < -0.39 is 0 Å². The lowest BCUT2D eigenvalue weighted by Crippen LogP contribution is -2.38. The van der Waals surface area contributed by atoms with E-state index in [4.69, 9.17) is 4.74 Å². The summed E-state index contributed by atoms with van der Waals surface area (Å²) < 4.78 is 5.29. The van der Waals surface area contributed by atoms with Gasteiger partial charge in [-0.2, -0.15) is 0 Å². The Balaban J connectivity index is 1.61. The van der Waals surface area contributed by atoms with E-state index in [1.807, 2.05) is 24.3 Å². The molecule has 1 saturated heterocycles. The molecule has 1 aromatic rings. The van der Waals surface area contributed by atoms with Crippen LogP contribution in [0.3, 0.4) is 0 Å². The largest absolute Gasteiger partial charge is 0.379 e. The van der Waals surface area contributed by atoms with Gasteiger partial charge in [0.05, 0.1) is 18.9 Å². The normalized spacial score (nSPS) is 15.8. The Bertz CT molecular complexity index is 436. The van der Waals surface area contributed by atoms with Gasteiger partial charge in [0, 0.05) is 24.5 Å². The van der Waals surface area contributed by atoms with Crippen LogP contribution in [-0.2, 0) is 4.74 Å². The summed E-state index contributed by atoms with van der Waals surface area (Å²) in [5.74, 6) is 0. The summed E-state index contributed by atoms with van der Waals surface area (Å²) in [7, 11) is 0. The molecule has 0 bridgehead atoms. The number of urea groups is 1. The van der Waals surface area contributed by atoms with Crippen molar-refractivity contribution in [1.29, 1.82) is 0 Å². The first-order valence-corrected chi connectivity index (χ1v) is 7.33. The number of para-hydroxylation sites is 1. The van der Waals surface area contributed by atoms with Crippen molar-refractivity contribution >= 4 is 24.3 Å². The summed E-state index contributed by atoms with van der Waals surface area (Å²) in [4.78, 5) is 14.8. The summed E-state index contributed by atoms with van der Waals surface area (Å²) in [6.45, 7) is 5.25. The van der Waals surface area contributed by atoms with E-state index >= 15 is 0 Å². The highest BCUT2D eigenvalue weighted by atomic mass is 32.1. The molecule has 2 amide bonds. The molecule has 1 aliphatic rings. The number of hydrogen-bond acceptors (Lipinski definition) is 4. The van der Waals surface area contributed by atoms with Crippen LogP contribution in [-0.4, -0.2) is 50.3 Å². The number of nitrogens with zero attached hydrogens (tertiary/aromatic N) is 1. The number of morpholine rings is 1. The second-order valence-corrected chi connectivity index (χ2v) is 5.19. The molecule has 0 radical (unpaired) electrons. The minimum atomic E-state index is -0.187. The van der Waals surface area contributed by atoms with Crippen LogP contribution in [0.4, 0.5) is 10.5 Å². The third-order valence-corrected chi connectivity index (χ3v) is 3.58. The number of thiol groups is 1.